The number of likely N-dealkylation sites (N-methyl/N-ethyl adjacent to an activating group) is 2. The fourth-order valence-corrected chi connectivity index (χ4v) is 3.41. The predicted molar refractivity (Wildman–Crippen MR) is 112 cm³/mol. The van der Waals surface area contributed by atoms with Crippen LogP contribution >= 0.6 is 0 Å². The van der Waals surface area contributed by atoms with Crippen molar-refractivity contribution in [3.05, 3.63) is 24.3 Å². The van der Waals surface area contributed by atoms with Crippen molar-refractivity contribution < 1.29 is 19.1 Å². The van der Waals surface area contributed by atoms with E-state index < -0.39 is 6.04 Å². The van der Waals surface area contributed by atoms with Crippen LogP contribution in [0.1, 0.15) is 33.1 Å². The highest BCUT2D eigenvalue weighted by Gasteiger charge is 2.31. The highest BCUT2D eigenvalue weighted by atomic mass is 16.5. The molecule has 1 aliphatic rings. The number of rotatable bonds is 8. The Balaban J connectivity index is 2.12. The lowest BCUT2D eigenvalue weighted by atomic mass is 10.1. The zero-order valence-corrected chi connectivity index (χ0v) is 17.7. The van der Waals surface area contributed by atoms with Gasteiger partial charge < -0.3 is 25.2 Å². The van der Waals surface area contributed by atoms with Gasteiger partial charge in [-0.3, -0.25) is 14.4 Å². The number of hydrogen-bond acceptors (Lipinski definition) is 5. The van der Waals surface area contributed by atoms with E-state index in [1.165, 1.54) is 0 Å². The number of nitrogens with one attached hydrogen (secondary N) is 2. The van der Waals surface area contributed by atoms with Crippen LogP contribution in [0, 0.1) is 0 Å². The Labute approximate surface area is 172 Å². The lowest BCUT2D eigenvalue weighted by molar-refractivity contribution is -0.138. The first kappa shape index (κ1) is 22.7. The van der Waals surface area contributed by atoms with Gasteiger partial charge in [0.15, 0.2) is 0 Å². The summed E-state index contributed by atoms with van der Waals surface area (Å²) in [6.07, 6.45) is 2.20. The minimum atomic E-state index is -0.602. The molecule has 8 heteroatoms. The average Bonchev–Trinajstić information content (AvgIpc) is 2.90. The van der Waals surface area contributed by atoms with Crippen LogP contribution in [0.4, 0.5) is 5.69 Å². The van der Waals surface area contributed by atoms with E-state index in [1.807, 2.05) is 25.1 Å². The molecule has 160 valence electrons. The minimum Gasteiger partial charge on any atom is -0.495 e. The quantitative estimate of drug-likeness (QED) is 0.678. The molecule has 0 spiro atoms. The monoisotopic (exact) mass is 404 g/mol. The number of para-hydroxylation sites is 2. The molecule has 1 aromatic carbocycles. The smallest absolute Gasteiger partial charge is 0.246 e. The van der Waals surface area contributed by atoms with Crippen LogP contribution in [0.2, 0.25) is 0 Å². The van der Waals surface area contributed by atoms with Gasteiger partial charge >= 0.3 is 0 Å². The molecule has 2 atom stereocenters. The molecule has 1 aliphatic heterocycles. The second kappa shape index (κ2) is 10.8. The van der Waals surface area contributed by atoms with Gasteiger partial charge in [0.1, 0.15) is 18.3 Å². The van der Waals surface area contributed by atoms with Crippen LogP contribution in [-0.4, -0.2) is 68.5 Å². The van der Waals surface area contributed by atoms with Gasteiger partial charge in [-0.05, 0) is 52.3 Å². The summed E-state index contributed by atoms with van der Waals surface area (Å²) in [6, 6.07) is 6.33. The van der Waals surface area contributed by atoms with Crippen LogP contribution < -0.4 is 20.3 Å². The van der Waals surface area contributed by atoms with E-state index in [0.29, 0.717) is 30.9 Å². The standard InChI is InChI=1S/C21H32N4O4/c1-5-25(17-11-6-7-12-18(17)29-4)19(26)14-24-13-9-8-10-16(21(24)28)23-20(27)15(2)22-3/h6-7,11-12,15-16,22H,5,8-10,13-14H2,1-4H3,(H,23,27). The van der Waals surface area contributed by atoms with E-state index in [-0.39, 0.29) is 30.3 Å². The van der Waals surface area contributed by atoms with E-state index >= 15 is 0 Å². The molecule has 2 unspecified atom stereocenters. The Hall–Kier alpha value is -2.61. The number of anilines is 1. The van der Waals surface area contributed by atoms with Crippen molar-refractivity contribution in [1.29, 1.82) is 0 Å². The number of hydrogen-bond donors (Lipinski definition) is 2. The Bertz CT molecular complexity index is 724. The highest BCUT2D eigenvalue weighted by molar-refractivity contribution is 5.99. The van der Waals surface area contributed by atoms with E-state index in [4.69, 9.17) is 4.74 Å². The fourth-order valence-electron chi connectivity index (χ4n) is 3.41. The first-order valence-electron chi connectivity index (χ1n) is 10.1. The Morgan fingerprint density at radius 3 is 2.69 bits per heavy atom. The summed E-state index contributed by atoms with van der Waals surface area (Å²) in [7, 11) is 3.26. The van der Waals surface area contributed by atoms with Crippen molar-refractivity contribution in [1.82, 2.24) is 15.5 Å². The summed E-state index contributed by atoms with van der Waals surface area (Å²) in [5, 5.41) is 5.69. The maximum atomic E-state index is 13.0. The number of likely N-dealkylation sites (tertiary alicyclic amines) is 1. The third-order valence-electron chi connectivity index (χ3n) is 5.24. The fraction of sp³-hybridized carbons (Fsp3) is 0.571. The SMILES string of the molecule is CCN(C(=O)CN1CCCCC(NC(=O)C(C)NC)C1=O)c1ccccc1OC. The van der Waals surface area contributed by atoms with Crippen LogP contribution in [0.25, 0.3) is 0 Å². The summed E-state index contributed by atoms with van der Waals surface area (Å²) in [6.45, 7) is 4.56. The normalized spacial score (nSPS) is 18.0. The van der Waals surface area contributed by atoms with Gasteiger partial charge in [-0.25, -0.2) is 0 Å². The second-order valence-electron chi connectivity index (χ2n) is 7.14. The van der Waals surface area contributed by atoms with Crippen molar-refractivity contribution in [3.8, 4) is 5.75 Å². The number of benzene rings is 1. The average molecular weight is 405 g/mol. The van der Waals surface area contributed by atoms with E-state index in [0.717, 1.165) is 12.8 Å². The van der Waals surface area contributed by atoms with Gasteiger partial charge in [-0.1, -0.05) is 12.1 Å². The summed E-state index contributed by atoms with van der Waals surface area (Å²) in [5.41, 5.74) is 0.678. The molecule has 0 radical (unpaired) electrons. The molecule has 0 aliphatic carbocycles. The molecular formula is C21H32N4O4. The van der Waals surface area contributed by atoms with E-state index in [2.05, 4.69) is 10.6 Å². The zero-order chi connectivity index (χ0) is 21.4. The molecule has 2 N–H and O–H groups in total. The van der Waals surface area contributed by atoms with Crippen molar-refractivity contribution >= 4 is 23.4 Å². The largest absolute Gasteiger partial charge is 0.495 e. The number of carbonyl (C=O) groups excluding carboxylic acids is 3. The van der Waals surface area contributed by atoms with Gasteiger partial charge in [0.05, 0.1) is 18.8 Å². The lowest BCUT2D eigenvalue weighted by Gasteiger charge is -2.29. The molecule has 0 aromatic heterocycles. The maximum Gasteiger partial charge on any atom is 0.246 e. The number of carbonyl (C=O) groups is 3. The zero-order valence-electron chi connectivity index (χ0n) is 17.7. The summed E-state index contributed by atoms with van der Waals surface area (Å²) < 4.78 is 5.38. The molecular weight excluding hydrogens is 372 g/mol. The Kier molecular flexibility index (Phi) is 8.45. The predicted octanol–water partition coefficient (Wildman–Crippen LogP) is 1.15. The molecule has 1 heterocycles. The summed E-state index contributed by atoms with van der Waals surface area (Å²) >= 11 is 0. The summed E-state index contributed by atoms with van der Waals surface area (Å²) in [4.78, 5) is 41.4. The van der Waals surface area contributed by atoms with Crippen LogP contribution in [0.3, 0.4) is 0 Å². The van der Waals surface area contributed by atoms with Gasteiger partial charge in [0.25, 0.3) is 0 Å². The van der Waals surface area contributed by atoms with Crippen molar-refractivity contribution in [2.75, 3.05) is 38.7 Å². The van der Waals surface area contributed by atoms with Gasteiger partial charge in [-0.2, -0.15) is 0 Å². The molecule has 0 saturated carbocycles. The number of amides is 3. The Morgan fingerprint density at radius 2 is 2.03 bits per heavy atom. The number of ether oxygens (including phenoxy) is 1. The molecule has 1 saturated heterocycles. The number of nitrogens with zero attached hydrogens (tertiary/aromatic N) is 2. The molecule has 3 amide bonds. The topological polar surface area (TPSA) is 91.0 Å². The Morgan fingerprint density at radius 1 is 1.31 bits per heavy atom. The highest BCUT2D eigenvalue weighted by Crippen LogP contribution is 2.27. The third-order valence-corrected chi connectivity index (χ3v) is 5.24. The first-order chi connectivity index (χ1) is 13.9. The molecule has 1 aromatic rings. The number of methoxy groups -OCH3 is 1. The molecule has 0 bridgehead atoms. The van der Waals surface area contributed by atoms with Crippen LogP contribution in [0.15, 0.2) is 24.3 Å². The molecule has 2 rings (SSSR count). The van der Waals surface area contributed by atoms with Crippen molar-refractivity contribution in [2.45, 2.75) is 45.2 Å². The first-order valence-corrected chi connectivity index (χ1v) is 10.1. The lowest BCUT2D eigenvalue weighted by Crippen LogP contribution is -2.53. The summed E-state index contributed by atoms with van der Waals surface area (Å²) in [5.74, 6) is 0.00354. The van der Waals surface area contributed by atoms with Gasteiger partial charge in [-0.15, -0.1) is 0 Å². The van der Waals surface area contributed by atoms with Crippen molar-refractivity contribution in [3.63, 3.8) is 0 Å². The van der Waals surface area contributed by atoms with Crippen LogP contribution in [0.5, 0.6) is 5.75 Å². The minimum absolute atomic E-state index is 0.0291. The molecule has 8 nitrogen and oxygen atoms in total. The van der Waals surface area contributed by atoms with Gasteiger partial charge in [0, 0.05) is 13.1 Å². The van der Waals surface area contributed by atoms with E-state index in [1.54, 1.807) is 36.9 Å². The second-order valence-corrected chi connectivity index (χ2v) is 7.14. The van der Waals surface area contributed by atoms with Gasteiger partial charge in [0.2, 0.25) is 17.7 Å². The molecule has 1 fully saturated rings. The molecule has 29 heavy (non-hydrogen) atoms. The van der Waals surface area contributed by atoms with E-state index in [9.17, 15) is 14.4 Å². The maximum absolute atomic E-state index is 13.0. The van der Waals surface area contributed by atoms with Crippen LogP contribution in [-0.2, 0) is 14.4 Å². The van der Waals surface area contributed by atoms with Crippen molar-refractivity contribution in [2.24, 2.45) is 0 Å². The third kappa shape index (κ3) is 5.69.